The molecule has 0 aromatic heterocycles. The van der Waals surface area contributed by atoms with E-state index in [1.165, 1.54) is 12.8 Å². The standard InChI is InChI=1S/C26H42O3/c1-23(2)19-9-13-25(23,21(27)17-19)11-5-7-15-29-16-8-6-12-26-14-10-20(18-22(26)28)24(26,3)4/h19-20H,5-18H2,1-4H3. The number of rotatable bonds is 10. The maximum Gasteiger partial charge on any atom is 0.139 e. The van der Waals surface area contributed by atoms with Crippen molar-refractivity contribution in [3.05, 3.63) is 0 Å². The maximum atomic E-state index is 12.6. The second-order valence-electron chi connectivity index (χ2n) is 11.9. The van der Waals surface area contributed by atoms with Crippen LogP contribution in [-0.2, 0) is 14.3 Å². The normalized spacial score (nSPS) is 39.0. The number of Topliss-reactive ketones (excluding diaryl/α,β-unsaturated/α-hetero) is 2. The van der Waals surface area contributed by atoms with Gasteiger partial charge in [0.15, 0.2) is 0 Å². The summed E-state index contributed by atoms with van der Waals surface area (Å²) in [6.45, 7) is 10.9. The molecular formula is C26H42O3. The number of carbonyl (C=O) groups is 2. The Balaban J connectivity index is 1.11. The van der Waals surface area contributed by atoms with Gasteiger partial charge in [-0.2, -0.15) is 0 Å². The lowest BCUT2D eigenvalue weighted by Gasteiger charge is -2.36. The molecule has 0 saturated heterocycles. The molecule has 164 valence electrons. The first-order chi connectivity index (χ1) is 13.7. The molecule has 3 nitrogen and oxygen atoms in total. The summed E-state index contributed by atoms with van der Waals surface area (Å²) in [6.07, 6.45) is 12.8. The molecule has 29 heavy (non-hydrogen) atoms. The largest absolute Gasteiger partial charge is 0.381 e. The van der Waals surface area contributed by atoms with Crippen LogP contribution in [0.4, 0.5) is 0 Å². The SMILES string of the molecule is CC1(C)C2CCC1(CCCCOCCCCC13CCC(CC1=O)C3(C)C)C(=O)C2. The summed E-state index contributed by atoms with van der Waals surface area (Å²) in [5.74, 6) is 2.32. The average molecular weight is 403 g/mol. The molecule has 4 atom stereocenters. The molecule has 3 heteroatoms. The summed E-state index contributed by atoms with van der Waals surface area (Å²) in [6, 6.07) is 0. The van der Waals surface area contributed by atoms with E-state index in [0.29, 0.717) is 23.4 Å². The molecule has 0 aromatic carbocycles. The molecule has 0 heterocycles. The first-order valence-corrected chi connectivity index (χ1v) is 12.3. The quantitative estimate of drug-likeness (QED) is 0.413. The zero-order chi connectivity index (χ0) is 20.9. The van der Waals surface area contributed by atoms with Crippen LogP contribution in [0, 0.1) is 33.5 Å². The highest BCUT2D eigenvalue weighted by Gasteiger charge is 2.64. The Morgan fingerprint density at radius 2 is 1.14 bits per heavy atom. The van der Waals surface area contributed by atoms with Gasteiger partial charge < -0.3 is 4.74 Å². The highest BCUT2D eigenvalue weighted by atomic mass is 16.5. The second-order valence-corrected chi connectivity index (χ2v) is 11.9. The first kappa shape index (κ1) is 21.5. The zero-order valence-electron chi connectivity index (χ0n) is 19.3. The van der Waals surface area contributed by atoms with Gasteiger partial charge >= 0.3 is 0 Å². The summed E-state index contributed by atoms with van der Waals surface area (Å²) in [4.78, 5) is 25.2. The van der Waals surface area contributed by atoms with Gasteiger partial charge in [0.2, 0.25) is 0 Å². The van der Waals surface area contributed by atoms with Gasteiger partial charge in [0.1, 0.15) is 11.6 Å². The van der Waals surface area contributed by atoms with Crippen molar-refractivity contribution < 1.29 is 14.3 Å². The lowest BCUT2D eigenvalue weighted by Crippen LogP contribution is -2.35. The number of carbonyl (C=O) groups excluding carboxylic acids is 2. The Morgan fingerprint density at radius 3 is 1.45 bits per heavy atom. The third kappa shape index (κ3) is 3.08. The van der Waals surface area contributed by atoms with Crippen molar-refractivity contribution in [2.45, 2.75) is 105 Å². The smallest absolute Gasteiger partial charge is 0.139 e. The zero-order valence-corrected chi connectivity index (χ0v) is 19.3. The fourth-order valence-corrected chi connectivity index (χ4v) is 8.08. The van der Waals surface area contributed by atoms with Gasteiger partial charge in [-0.1, -0.05) is 40.5 Å². The van der Waals surface area contributed by atoms with Crippen LogP contribution in [0.2, 0.25) is 0 Å². The summed E-state index contributed by atoms with van der Waals surface area (Å²) in [5.41, 5.74) is 0.345. The number of ether oxygens (including phenoxy) is 1. The number of hydrogen-bond donors (Lipinski definition) is 0. The van der Waals surface area contributed by atoms with E-state index in [1.807, 2.05) is 0 Å². The molecule has 4 aliphatic rings. The molecule has 4 saturated carbocycles. The van der Waals surface area contributed by atoms with Crippen molar-refractivity contribution >= 4 is 11.6 Å². The van der Waals surface area contributed by atoms with Crippen molar-refractivity contribution in [2.24, 2.45) is 33.5 Å². The van der Waals surface area contributed by atoms with Gasteiger partial charge in [-0.05, 0) is 74.0 Å². The maximum absolute atomic E-state index is 12.6. The van der Waals surface area contributed by atoms with Crippen LogP contribution in [0.5, 0.6) is 0 Å². The predicted octanol–water partition coefficient (Wildman–Crippen LogP) is 6.13. The minimum absolute atomic E-state index is 0.0310. The van der Waals surface area contributed by atoms with Gasteiger partial charge in [-0.25, -0.2) is 0 Å². The molecule has 4 rings (SSSR count). The van der Waals surface area contributed by atoms with E-state index < -0.39 is 0 Å². The molecule has 0 aliphatic heterocycles. The molecule has 0 amide bonds. The van der Waals surface area contributed by atoms with E-state index in [1.54, 1.807) is 0 Å². The number of fused-ring (bicyclic) bond motifs is 4. The Morgan fingerprint density at radius 1 is 0.724 bits per heavy atom. The van der Waals surface area contributed by atoms with Crippen molar-refractivity contribution in [1.82, 2.24) is 0 Å². The monoisotopic (exact) mass is 402 g/mol. The van der Waals surface area contributed by atoms with Crippen molar-refractivity contribution in [3.8, 4) is 0 Å². The van der Waals surface area contributed by atoms with Crippen LogP contribution < -0.4 is 0 Å². The molecule has 4 bridgehead atoms. The Hall–Kier alpha value is -0.700. The van der Waals surface area contributed by atoms with Crippen LogP contribution in [0.15, 0.2) is 0 Å². The Bertz CT molecular complexity index is 607. The number of hydrogen-bond acceptors (Lipinski definition) is 3. The Kier molecular flexibility index (Phi) is 5.54. The van der Waals surface area contributed by atoms with E-state index in [-0.39, 0.29) is 21.7 Å². The number of ketones is 2. The van der Waals surface area contributed by atoms with Gasteiger partial charge in [0.25, 0.3) is 0 Å². The third-order valence-electron chi connectivity index (χ3n) is 10.6. The molecular weight excluding hydrogens is 360 g/mol. The second kappa shape index (κ2) is 7.46. The molecule has 4 fully saturated rings. The van der Waals surface area contributed by atoms with Gasteiger partial charge in [-0.3, -0.25) is 9.59 Å². The highest BCUT2D eigenvalue weighted by molar-refractivity contribution is 5.90. The summed E-state index contributed by atoms with van der Waals surface area (Å²) < 4.78 is 5.90. The summed E-state index contributed by atoms with van der Waals surface area (Å²) in [5, 5.41) is 0. The molecule has 4 unspecified atom stereocenters. The van der Waals surface area contributed by atoms with E-state index >= 15 is 0 Å². The van der Waals surface area contributed by atoms with Crippen LogP contribution in [-0.4, -0.2) is 24.8 Å². The predicted molar refractivity (Wildman–Crippen MR) is 116 cm³/mol. The minimum Gasteiger partial charge on any atom is -0.381 e. The highest BCUT2D eigenvalue weighted by Crippen LogP contribution is 2.66. The van der Waals surface area contributed by atoms with Crippen molar-refractivity contribution in [1.29, 1.82) is 0 Å². The minimum atomic E-state index is -0.0310. The topological polar surface area (TPSA) is 43.4 Å². The van der Waals surface area contributed by atoms with E-state index in [2.05, 4.69) is 27.7 Å². The van der Waals surface area contributed by atoms with E-state index in [9.17, 15) is 9.59 Å². The van der Waals surface area contributed by atoms with Gasteiger partial charge in [0, 0.05) is 36.9 Å². The average Bonchev–Trinajstić information content (AvgIpc) is 3.20. The van der Waals surface area contributed by atoms with E-state index in [0.717, 1.165) is 77.4 Å². The molecule has 4 aliphatic carbocycles. The fourth-order valence-electron chi connectivity index (χ4n) is 8.08. The fraction of sp³-hybridized carbons (Fsp3) is 0.923. The van der Waals surface area contributed by atoms with Crippen molar-refractivity contribution in [3.63, 3.8) is 0 Å². The van der Waals surface area contributed by atoms with Gasteiger partial charge in [-0.15, -0.1) is 0 Å². The first-order valence-electron chi connectivity index (χ1n) is 12.3. The third-order valence-corrected chi connectivity index (χ3v) is 10.6. The molecule has 0 spiro atoms. The lowest BCUT2D eigenvalue weighted by atomic mass is 9.66. The summed E-state index contributed by atoms with van der Waals surface area (Å²) >= 11 is 0. The lowest BCUT2D eigenvalue weighted by molar-refractivity contribution is -0.130. The van der Waals surface area contributed by atoms with Crippen LogP contribution in [0.25, 0.3) is 0 Å². The summed E-state index contributed by atoms with van der Waals surface area (Å²) in [7, 11) is 0. The van der Waals surface area contributed by atoms with E-state index in [4.69, 9.17) is 4.74 Å². The molecule has 0 N–H and O–H groups in total. The van der Waals surface area contributed by atoms with Crippen LogP contribution >= 0.6 is 0 Å². The molecule has 0 radical (unpaired) electrons. The molecule has 0 aromatic rings. The number of unbranched alkanes of at least 4 members (excludes halogenated alkanes) is 2. The van der Waals surface area contributed by atoms with Crippen LogP contribution in [0.1, 0.15) is 105 Å². The van der Waals surface area contributed by atoms with Gasteiger partial charge in [0.05, 0.1) is 0 Å². The van der Waals surface area contributed by atoms with Crippen LogP contribution in [0.3, 0.4) is 0 Å². The van der Waals surface area contributed by atoms with Crippen molar-refractivity contribution in [2.75, 3.05) is 13.2 Å². The Labute approximate surface area is 177 Å².